The fourth-order valence-electron chi connectivity index (χ4n) is 1.85. The summed E-state index contributed by atoms with van der Waals surface area (Å²) in [5.41, 5.74) is -1.10. The van der Waals surface area contributed by atoms with Gasteiger partial charge in [-0.25, -0.2) is 4.79 Å². The lowest BCUT2D eigenvalue weighted by molar-refractivity contribution is -0.129. The Bertz CT molecular complexity index is 775. The number of hydrogen-bond acceptors (Lipinski definition) is 4. The Labute approximate surface area is 120 Å². The summed E-state index contributed by atoms with van der Waals surface area (Å²) in [5.74, 6) is -0.899. The van der Waals surface area contributed by atoms with Gasteiger partial charge >= 0.3 is 5.69 Å². The van der Waals surface area contributed by atoms with Crippen LogP contribution in [0.5, 0.6) is 5.88 Å². The first kappa shape index (κ1) is 14.6. The average molecular weight is 289 g/mol. The normalized spacial score (nSPS) is 10.4. The van der Waals surface area contributed by atoms with E-state index >= 15 is 0 Å². The van der Waals surface area contributed by atoms with E-state index in [1.54, 1.807) is 30.3 Å². The summed E-state index contributed by atoms with van der Waals surface area (Å²) >= 11 is 0. The van der Waals surface area contributed by atoms with Gasteiger partial charge in [0.05, 0.1) is 0 Å². The van der Waals surface area contributed by atoms with Crippen LogP contribution in [0.2, 0.25) is 0 Å². The van der Waals surface area contributed by atoms with Gasteiger partial charge in [-0.3, -0.25) is 19.1 Å². The maximum Gasteiger partial charge on any atom is 0.331 e. The number of aromatic hydroxyl groups is 1. The number of H-pyrrole nitrogens is 1. The second-order valence-corrected chi connectivity index (χ2v) is 4.70. The Morgan fingerprint density at radius 3 is 2.43 bits per heavy atom. The van der Waals surface area contributed by atoms with E-state index in [9.17, 15) is 19.5 Å². The highest BCUT2D eigenvalue weighted by molar-refractivity contribution is 5.76. The lowest BCUT2D eigenvalue weighted by Crippen LogP contribution is -2.36. The van der Waals surface area contributed by atoms with Crippen LogP contribution in [-0.4, -0.2) is 39.6 Å². The van der Waals surface area contributed by atoms with E-state index in [1.807, 2.05) is 0 Å². The van der Waals surface area contributed by atoms with Gasteiger partial charge < -0.3 is 10.0 Å². The highest BCUT2D eigenvalue weighted by Crippen LogP contribution is 2.23. The van der Waals surface area contributed by atoms with Gasteiger partial charge in [-0.2, -0.15) is 0 Å². The number of aromatic amines is 1. The highest BCUT2D eigenvalue weighted by Gasteiger charge is 2.18. The molecule has 1 aromatic heterocycles. The van der Waals surface area contributed by atoms with Crippen LogP contribution < -0.4 is 11.2 Å². The summed E-state index contributed by atoms with van der Waals surface area (Å²) in [6, 6.07) is 8.43. The van der Waals surface area contributed by atoms with Gasteiger partial charge in [-0.1, -0.05) is 30.3 Å². The maximum absolute atomic E-state index is 11.9. The number of nitrogens with one attached hydrogen (secondary N) is 1. The molecule has 0 atom stereocenters. The highest BCUT2D eigenvalue weighted by atomic mass is 16.3. The Balaban J connectivity index is 2.62. The number of aromatic nitrogens is 2. The fraction of sp³-hybridized carbons (Fsp3) is 0.214. The Kier molecular flexibility index (Phi) is 3.93. The van der Waals surface area contributed by atoms with Crippen LogP contribution in [0.1, 0.15) is 0 Å². The molecule has 7 nitrogen and oxygen atoms in total. The van der Waals surface area contributed by atoms with Gasteiger partial charge in [0.2, 0.25) is 11.8 Å². The third-order valence-corrected chi connectivity index (χ3v) is 3.03. The van der Waals surface area contributed by atoms with Crippen LogP contribution in [0.3, 0.4) is 0 Å². The number of likely N-dealkylation sites (N-methyl/N-ethyl adjacent to an activating group) is 1. The van der Waals surface area contributed by atoms with Crippen molar-refractivity contribution in [2.75, 3.05) is 14.1 Å². The van der Waals surface area contributed by atoms with E-state index in [1.165, 1.54) is 19.0 Å². The molecule has 1 heterocycles. The average Bonchev–Trinajstić information content (AvgIpc) is 2.44. The van der Waals surface area contributed by atoms with Crippen molar-refractivity contribution in [2.45, 2.75) is 6.54 Å². The van der Waals surface area contributed by atoms with Crippen molar-refractivity contribution in [3.63, 3.8) is 0 Å². The molecule has 1 aromatic carbocycles. The molecule has 0 bridgehead atoms. The smallest absolute Gasteiger partial charge is 0.331 e. The molecule has 1 amide bonds. The molecule has 0 saturated carbocycles. The van der Waals surface area contributed by atoms with Crippen LogP contribution in [0.25, 0.3) is 11.1 Å². The molecule has 0 aliphatic rings. The van der Waals surface area contributed by atoms with Crippen LogP contribution in [0.15, 0.2) is 39.9 Å². The molecule has 7 heteroatoms. The first-order chi connectivity index (χ1) is 9.91. The fourth-order valence-corrected chi connectivity index (χ4v) is 1.85. The van der Waals surface area contributed by atoms with Crippen molar-refractivity contribution in [2.24, 2.45) is 0 Å². The monoisotopic (exact) mass is 289 g/mol. The summed E-state index contributed by atoms with van der Waals surface area (Å²) in [4.78, 5) is 38.8. The van der Waals surface area contributed by atoms with Crippen molar-refractivity contribution in [3.05, 3.63) is 51.2 Å². The predicted molar refractivity (Wildman–Crippen MR) is 77.1 cm³/mol. The van der Waals surface area contributed by atoms with E-state index < -0.39 is 17.1 Å². The molecule has 0 radical (unpaired) electrons. The summed E-state index contributed by atoms with van der Waals surface area (Å²) < 4.78 is 0.839. The Hall–Kier alpha value is -2.83. The van der Waals surface area contributed by atoms with Crippen molar-refractivity contribution >= 4 is 5.91 Å². The van der Waals surface area contributed by atoms with Crippen molar-refractivity contribution in [1.29, 1.82) is 0 Å². The number of benzene rings is 1. The standard InChI is InChI=1S/C14H15N3O4/c1-16(2)10(18)8-17-13(20)11(12(19)15-14(17)21)9-6-4-3-5-7-9/h3-7,20H,8H2,1-2H3,(H,15,19,21). The molecule has 21 heavy (non-hydrogen) atoms. The summed E-state index contributed by atoms with van der Waals surface area (Å²) in [5, 5.41) is 10.2. The zero-order valence-corrected chi connectivity index (χ0v) is 11.7. The third kappa shape index (κ3) is 2.86. The topological polar surface area (TPSA) is 95.4 Å². The zero-order valence-electron chi connectivity index (χ0n) is 11.7. The summed E-state index contributed by atoms with van der Waals surface area (Å²) in [6.07, 6.45) is 0. The SMILES string of the molecule is CN(C)C(=O)Cn1c(O)c(-c2ccccc2)c(=O)[nH]c1=O. The number of carbonyl (C=O) groups is 1. The molecule has 2 aromatic rings. The van der Waals surface area contributed by atoms with Crippen molar-refractivity contribution < 1.29 is 9.90 Å². The molecular formula is C14H15N3O4. The predicted octanol–water partition coefficient (Wildman–Crippen LogP) is -0.00260. The van der Waals surface area contributed by atoms with E-state index in [0.29, 0.717) is 5.56 Å². The number of rotatable bonds is 3. The van der Waals surface area contributed by atoms with E-state index in [-0.39, 0.29) is 18.0 Å². The van der Waals surface area contributed by atoms with Crippen molar-refractivity contribution in [3.8, 4) is 17.0 Å². The Morgan fingerprint density at radius 1 is 1.24 bits per heavy atom. The third-order valence-electron chi connectivity index (χ3n) is 3.03. The molecule has 0 aliphatic heterocycles. The molecule has 0 spiro atoms. The quantitative estimate of drug-likeness (QED) is 0.831. The number of hydrogen-bond donors (Lipinski definition) is 2. The van der Waals surface area contributed by atoms with Gasteiger partial charge in [0.15, 0.2) is 0 Å². The molecule has 2 N–H and O–H groups in total. The largest absolute Gasteiger partial charge is 0.494 e. The molecule has 0 unspecified atom stereocenters. The molecule has 110 valence electrons. The second-order valence-electron chi connectivity index (χ2n) is 4.70. The van der Waals surface area contributed by atoms with Gasteiger partial charge in [-0.05, 0) is 5.56 Å². The molecular weight excluding hydrogens is 274 g/mol. The van der Waals surface area contributed by atoms with Gasteiger partial charge in [0.25, 0.3) is 5.56 Å². The second kappa shape index (κ2) is 5.66. The molecule has 0 fully saturated rings. The molecule has 0 saturated heterocycles. The van der Waals surface area contributed by atoms with Gasteiger partial charge in [0, 0.05) is 14.1 Å². The lowest BCUT2D eigenvalue weighted by atomic mass is 10.1. The van der Waals surface area contributed by atoms with E-state index in [4.69, 9.17) is 0 Å². The number of amides is 1. The first-order valence-electron chi connectivity index (χ1n) is 6.23. The van der Waals surface area contributed by atoms with Gasteiger partial charge in [0.1, 0.15) is 12.1 Å². The molecule has 0 aliphatic carbocycles. The van der Waals surface area contributed by atoms with E-state index in [2.05, 4.69) is 4.98 Å². The lowest BCUT2D eigenvalue weighted by Gasteiger charge is -2.14. The van der Waals surface area contributed by atoms with Crippen molar-refractivity contribution in [1.82, 2.24) is 14.5 Å². The maximum atomic E-state index is 11.9. The first-order valence-corrected chi connectivity index (χ1v) is 6.23. The minimum atomic E-state index is -0.826. The summed E-state index contributed by atoms with van der Waals surface area (Å²) in [7, 11) is 3.07. The van der Waals surface area contributed by atoms with Crippen LogP contribution in [0, 0.1) is 0 Å². The Morgan fingerprint density at radius 2 is 1.86 bits per heavy atom. The number of carbonyl (C=O) groups excluding carboxylic acids is 1. The van der Waals surface area contributed by atoms with Crippen LogP contribution >= 0.6 is 0 Å². The number of nitrogens with zero attached hydrogens (tertiary/aromatic N) is 2. The van der Waals surface area contributed by atoms with Crippen LogP contribution in [-0.2, 0) is 11.3 Å². The minimum Gasteiger partial charge on any atom is -0.494 e. The van der Waals surface area contributed by atoms with Gasteiger partial charge in [-0.15, -0.1) is 0 Å². The van der Waals surface area contributed by atoms with Crippen LogP contribution in [0.4, 0.5) is 0 Å². The summed E-state index contributed by atoms with van der Waals surface area (Å²) in [6.45, 7) is -0.353. The molecule has 2 rings (SSSR count). The minimum absolute atomic E-state index is 0.0400. The zero-order chi connectivity index (χ0) is 15.6. The van der Waals surface area contributed by atoms with E-state index in [0.717, 1.165) is 4.57 Å².